The molecule has 2 aromatic carbocycles. The van der Waals surface area contributed by atoms with Crippen LogP contribution in [0.25, 0.3) is 0 Å². The molecule has 0 bridgehead atoms. The van der Waals surface area contributed by atoms with Gasteiger partial charge in [0, 0.05) is 5.56 Å². The van der Waals surface area contributed by atoms with Gasteiger partial charge in [-0.1, -0.05) is 48.0 Å². The quantitative estimate of drug-likeness (QED) is 0.725. The number of piperazine rings is 1. The van der Waals surface area contributed by atoms with Crippen LogP contribution in [0.2, 0.25) is 0 Å². The van der Waals surface area contributed by atoms with Gasteiger partial charge >= 0.3 is 0 Å². The van der Waals surface area contributed by atoms with Gasteiger partial charge in [-0.15, -0.1) is 0 Å². The Hall–Kier alpha value is -2.50. The summed E-state index contributed by atoms with van der Waals surface area (Å²) in [5, 5.41) is 0. The van der Waals surface area contributed by atoms with Gasteiger partial charge < -0.3 is 9.80 Å². The van der Waals surface area contributed by atoms with E-state index in [1.54, 1.807) is 4.90 Å². The molecule has 4 rings (SSSR count). The molecule has 2 aromatic rings. The van der Waals surface area contributed by atoms with Gasteiger partial charge in [0.15, 0.2) is 6.04 Å². The van der Waals surface area contributed by atoms with Crippen molar-refractivity contribution in [1.29, 1.82) is 0 Å². The van der Waals surface area contributed by atoms with Gasteiger partial charge in [0.05, 0.1) is 12.1 Å². The van der Waals surface area contributed by atoms with Crippen molar-refractivity contribution in [3.05, 3.63) is 65.7 Å². The molecule has 0 aromatic heterocycles. The Morgan fingerprint density at radius 2 is 1.70 bits per heavy atom. The first-order valence-corrected chi connectivity index (χ1v) is 9.77. The first-order chi connectivity index (χ1) is 13.1. The predicted molar refractivity (Wildman–Crippen MR) is 104 cm³/mol. The fourth-order valence-electron chi connectivity index (χ4n) is 4.36. The number of amides is 2. The maximum absolute atomic E-state index is 12.9. The zero-order chi connectivity index (χ0) is 18.8. The average Bonchev–Trinajstić information content (AvgIpc) is 2.97. The van der Waals surface area contributed by atoms with Crippen molar-refractivity contribution in [3.63, 3.8) is 0 Å². The highest BCUT2D eigenvalue weighted by atomic mass is 16.2. The van der Waals surface area contributed by atoms with Crippen LogP contribution in [0, 0.1) is 6.92 Å². The highest BCUT2D eigenvalue weighted by Crippen LogP contribution is 2.21. The number of anilines is 1. The van der Waals surface area contributed by atoms with Crippen LogP contribution >= 0.6 is 0 Å². The second kappa shape index (κ2) is 7.62. The number of quaternary nitrogens is 2. The van der Waals surface area contributed by atoms with E-state index in [4.69, 9.17) is 0 Å². The lowest BCUT2D eigenvalue weighted by atomic mass is 10.1. The van der Waals surface area contributed by atoms with Crippen molar-refractivity contribution < 1.29 is 19.4 Å². The smallest absolute Gasteiger partial charge is 0.292 e. The second-order valence-corrected chi connectivity index (χ2v) is 7.73. The molecule has 0 aliphatic carbocycles. The minimum atomic E-state index is -0.224. The van der Waals surface area contributed by atoms with Gasteiger partial charge in [0.25, 0.3) is 5.91 Å². The third-order valence-electron chi connectivity index (χ3n) is 5.79. The summed E-state index contributed by atoms with van der Waals surface area (Å²) in [6.45, 7) is 7.10. The van der Waals surface area contributed by atoms with Crippen LogP contribution in [0.3, 0.4) is 0 Å². The topological polar surface area (TPSA) is 46.3 Å². The number of carbonyl (C=O) groups is 2. The highest BCUT2D eigenvalue weighted by Gasteiger charge is 2.46. The molecule has 2 N–H and O–H groups in total. The maximum Gasteiger partial charge on any atom is 0.292 e. The van der Waals surface area contributed by atoms with E-state index in [1.165, 1.54) is 20.9 Å². The SMILES string of the molecule is Cc1cccc(C[NH+]2CC[NH+]([C@H]3CC(=O)N(c4ccccc4)C3=O)CC2)c1. The van der Waals surface area contributed by atoms with Crippen molar-refractivity contribution in [1.82, 2.24) is 0 Å². The molecule has 140 valence electrons. The minimum absolute atomic E-state index is 0.0386. The summed E-state index contributed by atoms with van der Waals surface area (Å²) in [5.41, 5.74) is 3.36. The lowest BCUT2D eigenvalue weighted by molar-refractivity contribution is -1.02. The largest absolute Gasteiger partial charge is 0.322 e. The molecule has 2 saturated heterocycles. The Balaban J connectivity index is 1.37. The number of para-hydroxylation sites is 1. The van der Waals surface area contributed by atoms with E-state index in [0.29, 0.717) is 12.1 Å². The summed E-state index contributed by atoms with van der Waals surface area (Å²) >= 11 is 0. The summed E-state index contributed by atoms with van der Waals surface area (Å²) in [5.74, 6) is -0.110. The second-order valence-electron chi connectivity index (χ2n) is 7.73. The standard InChI is InChI=1S/C22H25N3O2/c1-17-6-5-7-18(14-17)16-23-10-12-24(13-11-23)20-15-21(26)25(22(20)27)19-8-3-2-4-9-19/h2-9,14,20H,10-13,15-16H2,1H3/p+2/t20-/m0/s1. The van der Waals surface area contributed by atoms with E-state index in [2.05, 4.69) is 31.2 Å². The van der Waals surface area contributed by atoms with Crippen LogP contribution in [-0.4, -0.2) is 44.0 Å². The molecule has 5 heteroatoms. The Kier molecular flexibility index (Phi) is 5.05. The van der Waals surface area contributed by atoms with Gasteiger partial charge in [0.2, 0.25) is 5.91 Å². The van der Waals surface area contributed by atoms with Crippen LogP contribution < -0.4 is 14.7 Å². The number of nitrogens with zero attached hydrogens (tertiary/aromatic N) is 1. The number of nitrogens with one attached hydrogen (secondary N) is 2. The van der Waals surface area contributed by atoms with Crippen molar-refractivity contribution in [2.75, 3.05) is 31.1 Å². The molecule has 0 saturated carbocycles. The number of aryl methyl sites for hydroxylation is 1. The molecular weight excluding hydrogens is 338 g/mol. The molecule has 2 aliphatic rings. The lowest BCUT2D eigenvalue weighted by Crippen LogP contribution is -3.29. The molecule has 0 radical (unpaired) electrons. The van der Waals surface area contributed by atoms with Crippen molar-refractivity contribution in [2.45, 2.75) is 25.9 Å². The van der Waals surface area contributed by atoms with E-state index in [9.17, 15) is 9.59 Å². The highest BCUT2D eigenvalue weighted by molar-refractivity contribution is 6.21. The molecule has 2 amide bonds. The fraction of sp³-hybridized carbons (Fsp3) is 0.364. The lowest BCUT2D eigenvalue weighted by Gasteiger charge is -2.32. The molecule has 2 fully saturated rings. The number of hydrogen-bond acceptors (Lipinski definition) is 2. The zero-order valence-electron chi connectivity index (χ0n) is 15.8. The first kappa shape index (κ1) is 17.9. The normalized spacial score (nSPS) is 25.8. The number of imide groups is 1. The van der Waals surface area contributed by atoms with Crippen LogP contribution in [-0.2, 0) is 16.1 Å². The van der Waals surface area contributed by atoms with Gasteiger partial charge in [-0.25, -0.2) is 4.90 Å². The zero-order valence-corrected chi connectivity index (χ0v) is 15.8. The predicted octanol–water partition coefficient (Wildman–Crippen LogP) is -0.389. The van der Waals surface area contributed by atoms with Crippen LogP contribution in [0.4, 0.5) is 5.69 Å². The van der Waals surface area contributed by atoms with Crippen molar-refractivity contribution in [3.8, 4) is 0 Å². The first-order valence-electron chi connectivity index (χ1n) is 9.77. The fourth-order valence-corrected chi connectivity index (χ4v) is 4.36. The Morgan fingerprint density at radius 1 is 0.963 bits per heavy atom. The van der Waals surface area contributed by atoms with Gasteiger partial charge in [-0.05, 0) is 19.1 Å². The van der Waals surface area contributed by atoms with Crippen LogP contribution in [0.1, 0.15) is 17.5 Å². The molecule has 2 heterocycles. The van der Waals surface area contributed by atoms with Gasteiger partial charge in [-0.2, -0.15) is 0 Å². The number of carbonyl (C=O) groups excluding carboxylic acids is 2. The molecule has 0 unspecified atom stereocenters. The minimum Gasteiger partial charge on any atom is -0.322 e. The van der Waals surface area contributed by atoms with Crippen LogP contribution in [0.15, 0.2) is 54.6 Å². The Morgan fingerprint density at radius 3 is 2.41 bits per heavy atom. The van der Waals surface area contributed by atoms with E-state index in [1.807, 2.05) is 30.3 Å². The third kappa shape index (κ3) is 3.80. The summed E-state index contributed by atoms with van der Waals surface area (Å²) < 4.78 is 0. The van der Waals surface area contributed by atoms with E-state index in [0.717, 1.165) is 32.7 Å². The van der Waals surface area contributed by atoms with Crippen molar-refractivity contribution in [2.24, 2.45) is 0 Å². The molecule has 5 nitrogen and oxygen atoms in total. The summed E-state index contributed by atoms with van der Waals surface area (Å²) in [7, 11) is 0. The number of hydrogen-bond donors (Lipinski definition) is 2. The summed E-state index contributed by atoms with van der Waals surface area (Å²) in [6, 6.07) is 17.8. The van der Waals surface area contributed by atoms with E-state index in [-0.39, 0.29) is 17.9 Å². The monoisotopic (exact) mass is 365 g/mol. The number of rotatable bonds is 4. The Labute approximate surface area is 160 Å². The Bertz CT molecular complexity index is 828. The maximum atomic E-state index is 12.9. The molecule has 0 spiro atoms. The average molecular weight is 365 g/mol. The van der Waals surface area contributed by atoms with E-state index < -0.39 is 0 Å². The number of benzene rings is 2. The third-order valence-corrected chi connectivity index (χ3v) is 5.79. The molecule has 1 atom stereocenters. The molecule has 2 aliphatic heterocycles. The van der Waals surface area contributed by atoms with Crippen molar-refractivity contribution >= 4 is 17.5 Å². The molecular formula is C22H27N3O2+2. The summed E-state index contributed by atoms with van der Waals surface area (Å²) in [4.78, 5) is 29.6. The van der Waals surface area contributed by atoms with E-state index >= 15 is 0 Å². The van der Waals surface area contributed by atoms with Gasteiger partial charge in [-0.3, -0.25) is 9.59 Å². The van der Waals surface area contributed by atoms with Crippen LogP contribution in [0.5, 0.6) is 0 Å². The molecule has 27 heavy (non-hydrogen) atoms. The van der Waals surface area contributed by atoms with Gasteiger partial charge in [0.1, 0.15) is 32.7 Å². The summed E-state index contributed by atoms with van der Waals surface area (Å²) in [6.07, 6.45) is 0.330.